The van der Waals surface area contributed by atoms with Crippen molar-refractivity contribution >= 4 is 29.4 Å². The topological polar surface area (TPSA) is 108 Å². The summed E-state index contributed by atoms with van der Waals surface area (Å²) in [4.78, 5) is 39.1. The highest BCUT2D eigenvalue weighted by atomic mass is 35.5. The largest absolute Gasteiger partial charge is 0.480 e. The Morgan fingerprint density at radius 1 is 0.892 bits per heavy atom. The van der Waals surface area contributed by atoms with Gasteiger partial charge >= 0.3 is 11.9 Å². The van der Waals surface area contributed by atoms with Crippen molar-refractivity contribution < 1.29 is 29.0 Å². The van der Waals surface area contributed by atoms with Gasteiger partial charge in [0.2, 0.25) is 0 Å². The van der Waals surface area contributed by atoms with E-state index in [2.05, 4.69) is 0 Å². The van der Waals surface area contributed by atoms with Gasteiger partial charge in [-0.2, -0.15) is 0 Å². The first-order chi connectivity index (χ1) is 17.7. The Kier molecular flexibility index (Phi) is 7.74. The maximum atomic E-state index is 13.7. The number of carbonyl (C=O) groups is 3. The lowest BCUT2D eigenvalue weighted by Crippen LogP contribution is -2.46. The average Bonchev–Trinajstić information content (AvgIpc) is 3.35. The quantitative estimate of drug-likeness (QED) is 0.284. The second kappa shape index (κ2) is 11.1. The monoisotopic (exact) mass is 517 g/mol. The lowest BCUT2D eigenvalue weighted by Gasteiger charge is -2.29. The molecule has 1 amide bonds. The molecule has 1 heterocycles. The Labute approximate surface area is 218 Å². The number of aliphatic carboxylic acids is 1. The molecule has 4 rings (SSSR count). The number of aryl methyl sites for hydroxylation is 1. The highest BCUT2D eigenvalue weighted by Gasteiger charge is 2.32. The van der Waals surface area contributed by atoms with E-state index >= 15 is 0 Å². The fourth-order valence-electron chi connectivity index (χ4n) is 4.17. The molecule has 0 fully saturated rings. The van der Waals surface area contributed by atoms with E-state index in [0.29, 0.717) is 33.2 Å². The van der Waals surface area contributed by atoms with Crippen molar-refractivity contribution in [2.24, 2.45) is 0 Å². The van der Waals surface area contributed by atoms with Crippen molar-refractivity contribution in [3.8, 4) is 11.3 Å². The number of furan rings is 1. The van der Waals surface area contributed by atoms with Crippen molar-refractivity contribution in [1.82, 2.24) is 4.90 Å². The molecule has 2 N–H and O–H groups in total. The molecule has 4 aromatic rings. The van der Waals surface area contributed by atoms with E-state index in [9.17, 15) is 24.6 Å². The van der Waals surface area contributed by atoms with E-state index in [4.69, 9.17) is 16.0 Å². The minimum atomic E-state index is -1.19. The van der Waals surface area contributed by atoms with Crippen LogP contribution >= 0.6 is 11.6 Å². The Hall–Kier alpha value is -4.36. The summed E-state index contributed by atoms with van der Waals surface area (Å²) in [6, 6.07) is 22.3. The maximum absolute atomic E-state index is 13.7. The lowest BCUT2D eigenvalue weighted by atomic mass is 10.0. The standard InChI is InChI=1S/C29H24ClNO6/c1-18-15-20(30)11-13-22(18)27(32)31(25(29(35)36)16-19-7-3-2-4-8-19)17-21-12-14-26(37-21)23-9-5-6-10-24(23)28(33)34/h2-15,25H,16-17H2,1H3,(H,33,34)(H,35,36)/t25-/m0/s1. The molecular weight excluding hydrogens is 494 g/mol. The van der Waals surface area contributed by atoms with Gasteiger partial charge in [-0.25, -0.2) is 9.59 Å². The summed E-state index contributed by atoms with van der Waals surface area (Å²) >= 11 is 6.07. The number of carboxylic acid groups (broad SMARTS) is 2. The highest BCUT2D eigenvalue weighted by Crippen LogP contribution is 2.28. The zero-order valence-electron chi connectivity index (χ0n) is 19.9. The van der Waals surface area contributed by atoms with E-state index < -0.39 is 23.9 Å². The molecule has 0 unspecified atom stereocenters. The number of halogens is 1. The zero-order chi connectivity index (χ0) is 26.5. The minimum absolute atomic E-state index is 0.0700. The van der Waals surface area contributed by atoms with E-state index in [1.54, 1.807) is 67.6 Å². The molecule has 0 radical (unpaired) electrons. The number of amides is 1. The predicted octanol–water partition coefficient (Wildman–Crippen LogP) is 5.94. The third-order valence-corrected chi connectivity index (χ3v) is 6.26. The van der Waals surface area contributed by atoms with Crippen LogP contribution in [0.1, 0.15) is 37.6 Å². The molecule has 8 heteroatoms. The smallest absolute Gasteiger partial charge is 0.336 e. The van der Waals surface area contributed by atoms with Crippen molar-refractivity contribution in [2.45, 2.75) is 25.9 Å². The van der Waals surface area contributed by atoms with Crippen LogP contribution < -0.4 is 0 Å². The molecule has 0 saturated heterocycles. The predicted molar refractivity (Wildman–Crippen MR) is 139 cm³/mol. The van der Waals surface area contributed by atoms with Gasteiger partial charge in [0.1, 0.15) is 17.6 Å². The first-order valence-corrected chi connectivity index (χ1v) is 11.9. The molecule has 7 nitrogen and oxygen atoms in total. The first-order valence-electron chi connectivity index (χ1n) is 11.5. The Balaban J connectivity index is 1.73. The van der Waals surface area contributed by atoms with Crippen molar-refractivity contribution in [3.05, 3.63) is 118 Å². The number of hydrogen-bond donors (Lipinski definition) is 2. The van der Waals surface area contributed by atoms with Gasteiger partial charge in [-0.3, -0.25) is 4.79 Å². The molecular formula is C29H24ClNO6. The van der Waals surface area contributed by atoms with Crippen LogP contribution in [0.5, 0.6) is 0 Å². The van der Waals surface area contributed by atoms with Crippen molar-refractivity contribution in [1.29, 1.82) is 0 Å². The summed E-state index contributed by atoms with van der Waals surface area (Å²) in [5.41, 5.74) is 2.15. The van der Waals surface area contributed by atoms with Crippen LogP contribution in [0.25, 0.3) is 11.3 Å². The highest BCUT2D eigenvalue weighted by molar-refractivity contribution is 6.30. The molecule has 0 aliphatic rings. The van der Waals surface area contributed by atoms with Crippen LogP contribution in [0.2, 0.25) is 5.02 Å². The third kappa shape index (κ3) is 5.90. The summed E-state index contributed by atoms with van der Waals surface area (Å²) in [6.07, 6.45) is 0.0873. The fraction of sp³-hybridized carbons (Fsp3) is 0.138. The second-order valence-corrected chi connectivity index (χ2v) is 8.99. The molecule has 0 aliphatic carbocycles. The van der Waals surface area contributed by atoms with E-state index in [0.717, 1.165) is 5.56 Å². The molecule has 1 aromatic heterocycles. The lowest BCUT2D eigenvalue weighted by molar-refractivity contribution is -0.142. The molecule has 0 saturated carbocycles. The number of aromatic carboxylic acids is 1. The minimum Gasteiger partial charge on any atom is -0.480 e. The van der Waals surface area contributed by atoms with Gasteiger partial charge in [-0.1, -0.05) is 60.1 Å². The van der Waals surface area contributed by atoms with E-state index in [-0.39, 0.29) is 18.5 Å². The van der Waals surface area contributed by atoms with Crippen LogP contribution in [0.4, 0.5) is 0 Å². The Morgan fingerprint density at radius 2 is 1.59 bits per heavy atom. The van der Waals surface area contributed by atoms with Gasteiger partial charge in [0.05, 0.1) is 12.1 Å². The number of hydrogen-bond acceptors (Lipinski definition) is 4. The van der Waals surface area contributed by atoms with Gasteiger partial charge < -0.3 is 19.5 Å². The average molecular weight is 518 g/mol. The van der Waals surface area contributed by atoms with Gasteiger partial charge in [-0.15, -0.1) is 0 Å². The molecule has 188 valence electrons. The van der Waals surface area contributed by atoms with Gasteiger partial charge in [0.15, 0.2) is 0 Å². The number of carboxylic acids is 2. The molecule has 37 heavy (non-hydrogen) atoms. The van der Waals surface area contributed by atoms with Crippen LogP contribution in [-0.4, -0.2) is 39.0 Å². The summed E-state index contributed by atoms with van der Waals surface area (Å²) in [7, 11) is 0. The number of rotatable bonds is 9. The summed E-state index contributed by atoms with van der Waals surface area (Å²) < 4.78 is 5.94. The second-order valence-electron chi connectivity index (χ2n) is 8.55. The number of carbonyl (C=O) groups excluding carboxylic acids is 1. The van der Waals surface area contributed by atoms with Crippen LogP contribution in [0, 0.1) is 6.92 Å². The van der Waals surface area contributed by atoms with Crippen LogP contribution in [0.15, 0.2) is 89.3 Å². The normalized spacial score (nSPS) is 11.6. The molecule has 1 atom stereocenters. The van der Waals surface area contributed by atoms with Crippen molar-refractivity contribution in [2.75, 3.05) is 0 Å². The van der Waals surface area contributed by atoms with Gasteiger partial charge in [0.25, 0.3) is 5.91 Å². The van der Waals surface area contributed by atoms with Crippen molar-refractivity contribution in [3.63, 3.8) is 0 Å². The maximum Gasteiger partial charge on any atom is 0.336 e. The Morgan fingerprint density at radius 3 is 2.27 bits per heavy atom. The summed E-state index contributed by atoms with van der Waals surface area (Å²) in [5.74, 6) is -2.13. The van der Waals surface area contributed by atoms with Gasteiger partial charge in [0, 0.05) is 22.6 Å². The van der Waals surface area contributed by atoms with Gasteiger partial charge in [-0.05, 0) is 54.4 Å². The molecule has 0 aliphatic heterocycles. The third-order valence-electron chi connectivity index (χ3n) is 6.02. The molecule has 0 spiro atoms. The number of nitrogens with zero attached hydrogens (tertiary/aromatic N) is 1. The molecule has 0 bridgehead atoms. The van der Waals surface area contributed by atoms with Crippen LogP contribution in [-0.2, 0) is 17.8 Å². The number of benzene rings is 3. The SMILES string of the molecule is Cc1cc(Cl)ccc1C(=O)N(Cc1ccc(-c2ccccc2C(=O)O)o1)[C@@H](Cc1ccccc1)C(=O)O. The van der Waals surface area contributed by atoms with E-state index in [1.807, 2.05) is 18.2 Å². The first kappa shape index (κ1) is 25.7. The molecule has 3 aromatic carbocycles. The Bertz CT molecular complexity index is 1450. The fourth-order valence-corrected chi connectivity index (χ4v) is 4.40. The van der Waals surface area contributed by atoms with E-state index in [1.165, 1.54) is 11.0 Å². The summed E-state index contributed by atoms with van der Waals surface area (Å²) in [5, 5.41) is 20.2. The zero-order valence-corrected chi connectivity index (χ0v) is 20.7. The van der Waals surface area contributed by atoms with Crippen LogP contribution in [0.3, 0.4) is 0 Å². The summed E-state index contributed by atoms with van der Waals surface area (Å²) in [6.45, 7) is 1.60.